The van der Waals surface area contributed by atoms with Gasteiger partial charge in [0.1, 0.15) is 0 Å². The van der Waals surface area contributed by atoms with Crippen molar-refractivity contribution >= 4 is 33.2 Å². The maximum absolute atomic E-state index is 6.47. The molecule has 0 aliphatic carbocycles. The van der Waals surface area contributed by atoms with E-state index in [1.807, 2.05) is 6.07 Å². The third-order valence-electron chi connectivity index (χ3n) is 3.91. The van der Waals surface area contributed by atoms with E-state index in [0.717, 1.165) is 28.3 Å². The summed E-state index contributed by atoms with van der Waals surface area (Å²) >= 11 is 9.95. The van der Waals surface area contributed by atoms with Crippen LogP contribution in [-0.2, 0) is 0 Å². The summed E-state index contributed by atoms with van der Waals surface area (Å²) in [6.07, 6.45) is 0. The number of hydrogen-bond donors (Lipinski definition) is 1. The molecule has 0 saturated carbocycles. The zero-order chi connectivity index (χ0) is 14.8. The molecule has 1 heterocycles. The molecule has 1 fully saturated rings. The summed E-state index contributed by atoms with van der Waals surface area (Å²) < 4.78 is 1.01. The minimum absolute atomic E-state index is 0.307. The lowest BCUT2D eigenvalue weighted by Crippen LogP contribution is -2.51. The van der Waals surface area contributed by atoms with Crippen molar-refractivity contribution < 1.29 is 0 Å². The summed E-state index contributed by atoms with van der Waals surface area (Å²) in [5, 5.41) is 4.36. The van der Waals surface area contributed by atoms with Crippen molar-refractivity contribution in [2.75, 3.05) is 18.0 Å². The van der Waals surface area contributed by atoms with Gasteiger partial charge in [0.2, 0.25) is 0 Å². The van der Waals surface area contributed by atoms with Gasteiger partial charge in [0.25, 0.3) is 0 Å². The SMILES string of the molecule is CC1CN(c2ccc(Br)cc2Cl)C(c2ccccc2)CN1. The monoisotopic (exact) mass is 364 g/mol. The Labute approximate surface area is 139 Å². The number of halogens is 2. The van der Waals surface area contributed by atoms with E-state index < -0.39 is 0 Å². The van der Waals surface area contributed by atoms with Crippen molar-refractivity contribution in [3.8, 4) is 0 Å². The molecule has 0 aromatic heterocycles. The number of rotatable bonds is 2. The maximum atomic E-state index is 6.47. The summed E-state index contributed by atoms with van der Waals surface area (Å²) in [6.45, 7) is 4.08. The fraction of sp³-hybridized carbons (Fsp3) is 0.294. The van der Waals surface area contributed by atoms with Crippen LogP contribution < -0.4 is 10.2 Å². The molecule has 2 atom stereocenters. The molecular weight excluding hydrogens is 348 g/mol. The molecule has 2 nitrogen and oxygen atoms in total. The molecule has 2 aromatic carbocycles. The van der Waals surface area contributed by atoms with Crippen LogP contribution in [-0.4, -0.2) is 19.1 Å². The van der Waals surface area contributed by atoms with E-state index in [0.29, 0.717) is 12.1 Å². The van der Waals surface area contributed by atoms with Crippen molar-refractivity contribution in [2.24, 2.45) is 0 Å². The fourth-order valence-corrected chi connectivity index (χ4v) is 3.65. The first-order valence-corrected chi connectivity index (χ1v) is 8.32. The van der Waals surface area contributed by atoms with Crippen LogP contribution in [0.1, 0.15) is 18.5 Å². The van der Waals surface area contributed by atoms with E-state index in [4.69, 9.17) is 11.6 Å². The van der Waals surface area contributed by atoms with Gasteiger partial charge in [-0.1, -0.05) is 57.9 Å². The minimum atomic E-state index is 0.307. The lowest BCUT2D eigenvalue weighted by molar-refractivity contribution is 0.416. The van der Waals surface area contributed by atoms with Crippen molar-refractivity contribution in [1.29, 1.82) is 0 Å². The van der Waals surface area contributed by atoms with Crippen molar-refractivity contribution in [3.63, 3.8) is 0 Å². The van der Waals surface area contributed by atoms with Crippen LogP contribution in [0.5, 0.6) is 0 Å². The molecule has 0 amide bonds. The van der Waals surface area contributed by atoms with Gasteiger partial charge in [0.05, 0.1) is 16.8 Å². The highest BCUT2D eigenvalue weighted by Crippen LogP contribution is 2.35. The molecule has 0 bridgehead atoms. The molecule has 2 aromatic rings. The van der Waals surface area contributed by atoms with Gasteiger partial charge in [-0.3, -0.25) is 0 Å². The third kappa shape index (κ3) is 3.25. The summed E-state index contributed by atoms with van der Waals surface area (Å²) in [5.74, 6) is 0. The van der Waals surface area contributed by atoms with Crippen LogP contribution in [0.4, 0.5) is 5.69 Å². The Morgan fingerprint density at radius 2 is 1.95 bits per heavy atom. The predicted octanol–water partition coefficient (Wildman–Crippen LogP) is 4.64. The first kappa shape index (κ1) is 14.9. The highest BCUT2D eigenvalue weighted by molar-refractivity contribution is 9.10. The zero-order valence-electron chi connectivity index (χ0n) is 11.9. The zero-order valence-corrected chi connectivity index (χ0v) is 14.2. The van der Waals surface area contributed by atoms with Crippen LogP contribution in [0.25, 0.3) is 0 Å². The van der Waals surface area contributed by atoms with Gasteiger partial charge < -0.3 is 10.2 Å². The molecular formula is C17H18BrClN2. The summed E-state index contributed by atoms with van der Waals surface area (Å²) in [4.78, 5) is 2.41. The van der Waals surface area contributed by atoms with Crippen molar-refractivity contribution in [3.05, 3.63) is 63.6 Å². The number of piperazine rings is 1. The second kappa shape index (κ2) is 6.39. The van der Waals surface area contributed by atoms with Gasteiger partial charge in [-0.05, 0) is 30.7 Å². The number of nitrogens with one attached hydrogen (secondary N) is 1. The molecule has 1 N–H and O–H groups in total. The van der Waals surface area contributed by atoms with Gasteiger partial charge in [-0.15, -0.1) is 0 Å². The molecule has 4 heteroatoms. The van der Waals surface area contributed by atoms with Crippen molar-refractivity contribution in [1.82, 2.24) is 5.32 Å². The summed E-state index contributed by atoms with van der Waals surface area (Å²) in [7, 11) is 0. The average molecular weight is 366 g/mol. The lowest BCUT2D eigenvalue weighted by atomic mass is 10.0. The van der Waals surface area contributed by atoms with Crippen LogP contribution in [0.15, 0.2) is 53.0 Å². The Balaban J connectivity index is 1.98. The second-order valence-electron chi connectivity index (χ2n) is 5.48. The third-order valence-corrected chi connectivity index (χ3v) is 4.71. The molecule has 1 aliphatic heterocycles. The first-order chi connectivity index (χ1) is 10.1. The topological polar surface area (TPSA) is 15.3 Å². The number of nitrogens with zero attached hydrogens (tertiary/aromatic N) is 1. The van der Waals surface area contributed by atoms with Crippen LogP contribution in [0.2, 0.25) is 5.02 Å². The average Bonchev–Trinajstić information content (AvgIpc) is 2.48. The smallest absolute Gasteiger partial charge is 0.0668 e. The molecule has 0 spiro atoms. The maximum Gasteiger partial charge on any atom is 0.0668 e. The van der Waals surface area contributed by atoms with Crippen LogP contribution in [0, 0.1) is 0 Å². The summed E-state index contributed by atoms with van der Waals surface area (Å²) in [6, 6.07) is 17.5. The van der Waals surface area contributed by atoms with E-state index in [9.17, 15) is 0 Å². The summed E-state index contributed by atoms with van der Waals surface area (Å²) in [5.41, 5.74) is 2.41. The molecule has 1 aliphatic rings. The van der Waals surface area contributed by atoms with Gasteiger partial charge >= 0.3 is 0 Å². The lowest BCUT2D eigenvalue weighted by Gasteiger charge is -2.41. The standard InChI is InChI=1S/C17H18BrClN2/c1-12-11-21(16-8-7-14(18)9-15(16)19)17(10-20-12)13-5-3-2-4-6-13/h2-9,12,17,20H,10-11H2,1H3. The Hall–Kier alpha value is -1.03. The number of anilines is 1. The molecule has 110 valence electrons. The van der Waals surface area contributed by atoms with E-state index in [1.54, 1.807) is 0 Å². The van der Waals surface area contributed by atoms with Gasteiger partial charge in [-0.2, -0.15) is 0 Å². The van der Waals surface area contributed by atoms with E-state index in [-0.39, 0.29) is 0 Å². The normalized spacial score (nSPS) is 22.3. The molecule has 1 saturated heterocycles. The minimum Gasteiger partial charge on any atom is -0.360 e. The van der Waals surface area contributed by atoms with E-state index in [1.165, 1.54) is 5.56 Å². The highest BCUT2D eigenvalue weighted by atomic mass is 79.9. The fourth-order valence-electron chi connectivity index (χ4n) is 2.86. The Morgan fingerprint density at radius 1 is 1.19 bits per heavy atom. The van der Waals surface area contributed by atoms with Crippen molar-refractivity contribution in [2.45, 2.75) is 19.0 Å². The molecule has 0 radical (unpaired) electrons. The van der Waals surface area contributed by atoms with Gasteiger partial charge in [-0.25, -0.2) is 0 Å². The Bertz CT molecular complexity index is 617. The molecule has 21 heavy (non-hydrogen) atoms. The highest BCUT2D eigenvalue weighted by Gasteiger charge is 2.28. The first-order valence-electron chi connectivity index (χ1n) is 7.15. The molecule has 2 unspecified atom stereocenters. The largest absolute Gasteiger partial charge is 0.360 e. The van der Waals surface area contributed by atoms with Crippen LogP contribution >= 0.6 is 27.5 Å². The predicted molar refractivity (Wildman–Crippen MR) is 93.1 cm³/mol. The van der Waals surface area contributed by atoms with Crippen LogP contribution in [0.3, 0.4) is 0 Å². The van der Waals surface area contributed by atoms with Gasteiger partial charge in [0.15, 0.2) is 0 Å². The molecule has 3 rings (SSSR count). The number of hydrogen-bond acceptors (Lipinski definition) is 2. The van der Waals surface area contributed by atoms with E-state index >= 15 is 0 Å². The Morgan fingerprint density at radius 3 is 2.67 bits per heavy atom. The Kier molecular flexibility index (Phi) is 4.53. The quantitative estimate of drug-likeness (QED) is 0.834. The second-order valence-corrected chi connectivity index (χ2v) is 6.81. The van der Waals surface area contributed by atoms with Gasteiger partial charge in [0, 0.05) is 23.6 Å². The number of benzene rings is 2. The van der Waals surface area contributed by atoms with E-state index in [2.05, 4.69) is 75.5 Å².